The van der Waals surface area contributed by atoms with Gasteiger partial charge in [-0.25, -0.2) is 4.98 Å². The van der Waals surface area contributed by atoms with Gasteiger partial charge >= 0.3 is 5.91 Å². The Balaban J connectivity index is 1.54. The number of aryl methyl sites for hydroxylation is 1. The third kappa shape index (κ3) is 4.79. The van der Waals surface area contributed by atoms with Gasteiger partial charge in [-0.05, 0) is 79.9 Å². The van der Waals surface area contributed by atoms with Crippen LogP contribution in [0.5, 0.6) is 17.2 Å². The number of fused-ring (bicyclic) bond motifs is 2. The molecule has 4 aromatic rings. The van der Waals surface area contributed by atoms with E-state index < -0.39 is 17.7 Å². The average Bonchev–Trinajstić information content (AvgIpc) is 3.63. The summed E-state index contributed by atoms with van der Waals surface area (Å²) in [6.07, 6.45) is 2.34. The number of hydrogen-bond donors (Lipinski definition) is 1. The van der Waals surface area contributed by atoms with Crippen LogP contribution in [0.25, 0.3) is 16.0 Å². The summed E-state index contributed by atoms with van der Waals surface area (Å²) in [5, 5.41) is 12.0. The molecule has 214 valence electrons. The number of carbonyl (C=O) groups is 2. The first-order valence-corrected chi connectivity index (χ1v) is 14.6. The maximum atomic E-state index is 13.7. The number of nitrogens with zero attached hydrogens (tertiary/aromatic N) is 2. The Labute approximate surface area is 247 Å². The minimum absolute atomic E-state index is 0.0180. The van der Waals surface area contributed by atoms with Crippen LogP contribution in [-0.4, -0.2) is 41.1 Å². The highest BCUT2D eigenvalue weighted by Gasteiger charge is 2.48. The molecule has 2 atom stereocenters. The highest BCUT2D eigenvalue weighted by molar-refractivity contribution is 7.22. The Hall–Kier alpha value is -4.63. The lowest BCUT2D eigenvalue weighted by atomic mass is 9.94. The molecule has 1 amide bonds. The molecule has 1 aromatic heterocycles. The van der Waals surface area contributed by atoms with Gasteiger partial charge in [-0.2, -0.15) is 0 Å². The first kappa shape index (κ1) is 27.5. The molecule has 2 aliphatic rings. The van der Waals surface area contributed by atoms with E-state index in [2.05, 4.69) is 6.58 Å². The van der Waals surface area contributed by atoms with Crippen LogP contribution < -0.4 is 19.1 Å². The number of aliphatic hydroxyl groups excluding tert-OH is 1. The zero-order chi connectivity index (χ0) is 29.5. The summed E-state index contributed by atoms with van der Waals surface area (Å²) >= 11 is 1.32. The fraction of sp³-hybridized carbons (Fsp3) is 0.242. The van der Waals surface area contributed by atoms with E-state index in [4.69, 9.17) is 19.2 Å². The number of thiazole rings is 1. The Kier molecular flexibility index (Phi) is 7.20. The summed E-state index contributed by atoms with van der Waals surface area (Å²) in [4.78, 5) is 33.6. The Morgan fingerprint density at radius 1 is 1.14 bits per heavy atom. The number of rotatable bonds is 8. The predicted molar refractivity (Wildman–Crippen MR) is 163 cm³/mol. The number of carbonyl (C=O) groups excluding carboxylic acids is 2. The van der Waals surface area contributed by atoms with E-state index in [1.165, 1.54) is 16.2 Å². The lowest BCUT2D eigenvalue weighted by Crippen LogP contribution is -2.29. The van der Waals surface area contributed by atoms with Crippen molar-refractivity contribution < 1.29 is 28.9 Å². The van der Waals surface area contributed by atoms with Crippen LogP contribution in [-0.2, 0) is 16.0 Å². The number of ether oxygens (including phenoxy) is 3. The monoisotopic (exact) mass is 582 g/mol. The Morgan fingerprint density at radius 3 is 2.76 bits per heavy atom. The van der Waals surface area contributed by atoms with Gasteiger partial charge in [0.1, 0.15) is 24.2 Å². The number of amides is 1. The van der Waals surface area contributed by atoms with E-state index in [9.17, 15) is 14.7 Å². The quantitative estimate of drug-likeness (QED) is 0.109. The summed E-state index contributed by atoms with van der Waals surface area (Å²) in [7, 11) is 0. The number of ketones is 1. The fourth-order valence-electron chi connectivity index (χ4n) is 5.42. The van der Waals surface area contributed by atoms with E-state index in [0.29, 0.717) is 40.8 Å². The highest BCUT2D eigenvalue weighted by atomic mass is 32.1. The van der Waals surface area contributed by atoms with Gasteiger partial charge in [-0.1, -0.05) is 36.1 Å². The Morgan fingerprint density at radius 2 is 1.98 bits per heavy atom. The number of anilines is 1. The maximum Gasteiger partial charge on any atom is 0.301 e. The zero-order valence-corrected chi connectivity index (χ0v) is 24.4. The molecule has 0 spiro atoms. The van der Waals surface area contributed by atoms with Gasteiger partial charge < -0.3 is 19.3 Å². The van der Waals surface area contributed by atoms with Crippen molar-refractivity contribution in [2.75, 3.05) is 18.1 Å². The third-order valence-electron chi connectivity index (χ3n) is 7.29. The Bertz CT molecular complexity index is 1770. The van der Waals surface area contributed by atoms with E-state index in [-0.39, 0.29) is 24.0 Å². The molecule has 6 rings (SSSR count). The molecule has 0 radical (unpaired) electrons. The van der Waals surface area contributed by atoms with Crippen LogP contribution in [0.3, 0.4) is 0 Å². The number of hydrogen-bond acceptors (Lipinski definition) is 8. The van der Waals surface area contributed by atoms with Gasteiger partial charge in [0.15, 0.2) is 16.6 Å². The minimum atomic E-state index is -0.956. The lowest BCUT2D eigenvalue weighted by molar-refractivity contribution is -0.132. The second kappa shape index (κ2) is 11.0. The second-order valence-electron chi connectivity index (χ2n) is 10.3. The standard InChI is InChI=1S/C33H30N2O6S/c1-5-13-40-25-12-8-20(17-26(25)39-6-2)29-28(30(36)21-9-11-24-22(16-21)15-19(4)41-24)31(37)32(38)35(29)33-34-23-10-7-18(3)14-27(23)42-33/h5,7-12,14,16-17,19,29,36H,1,6,13,15H2,2-4H3/b30-28+/t19-,29-/m0/s1. The molecule has 0 bridgehead atoms. The molecule has 1 N–H and O–H groups in total. The molecule has 8 nitrogen and oxygen atoms in total. The number of aromatic nitrogens is 1. The largest absolute Gasteiger partial charge is 0.507 e. The topological polar surface area (TPSA) is 98.2 Å². The molecular formula is C33H30N2O6S. The molecule has 9 heteroatoms. The molecule has 0 unspecified atom stereocenters. The van der Waals surface area contributed by atoms with E-state index >= 15 is 0 Å². The molecule has 1 saturated heterocycles. The van der Waals surface area contributed by atoms with Crippen molar-refractivity contribution in [3.63, 3.8) is 0 Å². The van der Waals surface area contributed by atoms with Gasteiger partial charge in [0, 0.05) is 12.0 Å². The predicted octanol–water partition coefficient (Wildman–Crippen LogP) is 6.52. The molecular weight excluding hydrogens is 552 g/mol. The number of benzene rings is 3. The minimum Gasteiger partial charge on any atom is -0.507 e. The van der Waals surface area contributed by atoms with Crippen molar-refractivity contribution in [2.24, 2.45) is 0 Å². The molecule has 3 aromatic carbocycles. The van der Waals surface area contributed by atoms with Crippen molar-refractivity contribution in [1.82, 2.24) is 4.98 Å². The normalized spacial score (nSPS) is 19.2. The molecule has 42 heavy (non-hydrogen) atoms. The van der Waals surface area contributed by atoms with Crippen LogP contribution in [0.1, 0.15) is 42.1 Å². The number of aliphatic hydroxyl groups is 1. The second-order valence-corrected chi connectivity index (χ2v) is 11.3. The molecule has 1 fully saturated rings. The number of Topliss-reactive ketones (excluding diaryl/α,β-unsaturated/α-hetero) is 1. The van der Waals surface area contributed by atoms with Crippen LogP contribution in [0, 0.1) is 6.92 Å². The van der Waals surface area contributed by atoms with Crippen molar-refractivity contribution >= 4 is 44.1 Å². The first-order valence-electron chi connectivity index (χ1n) is 13.8. The molecule has 2 aliphatic heterocycles. The SMILES string of the molecule is C=CCOc1ccc([C@H]2/C(=C(\O)c3ccc4c(c3)C[C@H](C)O4)C(=O)C(=O)N2c2nc3ccc(C)cc3s2)cc1OCC. The fourth-order valence-corrected chi connectivity index (χ4v) is 6.51. The summed E-state index contributed by atoms with van der Waals surface area (Å²) in [6, 6.07) is 15.4. The third-order valence-corrected chi connectivity index (χ3v) is 8.31. The summed E-state index contributed by atoms with van der Waals surface area (Å²) in [6.45, 7) is 10.2. The summed E-state index contributed by atoms with van der Waals surface area (Å²) in [5.74, 6) is -0.113. The van der Waals surface area contributed by atoms with Crippen LogP contribution in [0.2, 0.25) is 0 Å². The van der Waals surface area contributed by atoms with E-state index in [0.717, 1.165) is 27.1 Å². The summed E-state index contributed by atoms with van der Waals surface area (Å²) in [5.41, 5.74) is 3.69. The summed E-state index contributed by atoms with van der Waals surface area (Å²) < 4.78 is 18.4. The maximum absolute atomic E-state index is 13.7. The van der Waals surface area contributed by atoms with Gasteiger partial charge in [0.25, 0.3) is 5.78 Å². The highest BCUT2D eigenvalue weighted by Crippen LogP contribution is 2.46. The van der Waals surface area contributed by atoms with Crippen LogP contribution >= 0.6 is 11.3 Å². The molecule has 0 saturated carbocycles. The lowest BCUT2D eigenvalue weighted by Gasteiger charge is -2.24. The van der Waals surface area contributed by atoms with E-state index in [1.54, 1.807) is 36.4 Å². The van der Waals surface area contributed by atoms with E-state index in [1.807, 2.05) is 45.0 Å². The molecule has 0 aliphatic carbocycles. The van der Waals surface area contributed by atoms with Crippen molar-refractivity contribution in [3.05, 3.63) is 95.1 Å². The zero-order valence-electron chi connectivity index (χ0n) is 23.5. The first-order chi connectivity index (χ1) is 20.3. The van der Waals surface area contributed by atoms with Gasteiger partial charge in [0.05, 0.1) is 28.4 Å². The van der Waals surface area contributed by atoms with Gasteiger partial charge in [-0.3, -0.25) is 14.5 Å². The smallest absolute Gasteiger partial charge is 0.301 e. The van der Waals surface area contributed by atoms with Gasteiger partial charge in [-0.15, -0.1) is 0 Å². The van der Waals surface area contributed by atoms with Crippen molar-refractivity contribution in [2.45, 2.75) is 39.3 Å². The molecule has 3 heterocycles. The average molecular weight is 583 g/mol. The van der Waals surface area contributed by atoms with Crippen molar-refractivity contribution in [1.29, 1.82) is 0 Å². The van der Waals surface area contributed by atoms with Crippen LogP contribution in [0.4, 0.5) is 5.13 Å². The van der Waals surface area contributed by atoms with Gasteiger partial charge in [0.2, 0.25) is 0 Å². The van der Waals surface area contributed by atoms with Crippen LogP contribution in [0.15, 0.2) is 72.8 Å². The van der Waals surface area contributed by atoms with Crippen molar-refractivity contribution in [3.8, 4) is 17.2 Å².